The summed E-state index contributed by atoms with van der Waals surface area (Å²) in [6.45, 7) is 2.28. The number of esters is 1. The van der Waals surface area contributed by atoms with E-state index in [1.54, 1.807) is 26.1 Å². The summed E-state index contributed by atoms with van der Waals surface area (Å²) in [6.07, 6.45) is 0.393. The van der Waals surface area contributed by atoms with Gasteiger partial charge >= 0.3 is 5.97 Å². The number of nitrogens with one attached hydrogen (secondary N) is 1. The molecule has 0 radical (unpaired) electrons. The largest absolute Gasteiger partial charge is 0.492 e. The number of rotatable bonds is 8. The normalized spacial score (nSPS) is 11.8. The van der Waals surface area contributed by atoms with Crippen molar-refractivity contribution >= 4 is 27.6 Å². The molecule has 0 fully saturated rings. The average molecular weight is 361 g/mol. The first-order valence-electron chi connectivity index (χ1n) is 6.40. The molecule has 1 aromatic rings. The molecule has 0 aromatic heterocycles. The van der Waals surface area contributed by atoms with Crippen LogP contribution in [0.25, 0.3) is 0 Å². The second-order valence-electron chi connectivity index (χ2n) is 4.08. The predicted molar refractivity (Wildman–Crippen MR) is 80.4 cm³/mol. The molecule has 1 aromatic carbocycles. The van der Waals surface area contributed by atoms with Gasteiger partial charge in [-0.2, -0.15) is 0 Å². The van der Waals surface area contributed by atoms with Gasteiger partial charge in [0.15, 0.2) is 0 Å². The van der Waals surface area contributed by atoms with Gasteiger partial charge in [-0.3, -0.25) is 14.9 Å². The standard InChI is InChI=1S/C13H17BrN2O5/c1-3-20-13(17)9(15-2)7-8-21-11-6-4-5-10(12(11)14)16(18)19/h4-6,9,15H,3,7-8H2,1-2H3. The first kappa shape index (κ1) is 17.4. The number of nitro groups is 1. The molecule has 21 heavy (non-hydrogen) atoms. The maximum absolute atomic E-state index is 11.6. The molecule has 116 valence electrons. The molecule has 0 aliphatic heterocycles. The SMILES string of the molecule is CCOC(=O)C(CCOc1cccc([N+](=O)[O-])c1Br)NC. The minimum absolute atomic E-state index is 0.0666. The van der Waals surface area contributed by atoms with Crippen LogP contribution in [0.2, 0.25) is 0 Å². The summed E-state index contributed by atoms with van der Waals surface area (Å²) >= 11 is 3.15. The van der Waals surface area contributed by atoms with E-state index in [0.717, 1.165) is 0 Å². The van der Waals surface area contributed by atoms with E-state index in [9.17, 15) is 14.9 Å². The van der Waals surface area contributed by atoms with Gasteiger partial charge in [0, 0.05) is 12.5 Å². The molecular weight excluding hydrogens is 344 g/mol. The molecule has 0 saturated heterocycles. The van der Waals surface area contributed by atoms with Crippen molar-refractivity contribution in [2.45, 2.75) is 19.4 Å². The summed E-state index contributed by atoms with van der Waals surface area (Å²) in [5.41, 5.74) is -0.0666. The van der Waals surface area contributed by atoms with Crippen molar-refractivity contribution in [1.82, 2.24) is 5.32 Å². The molecule has 0 bridgehead atoms. The second-order valence-corrected chi connectivity index (χ2v) is 4.87. The first-order valence-corrected chi connectivity index (χ1v) is 7.20. The summed E-state index contributed by atoms with van der Waals surface area (Å²) in [5, 5.41) is 13.7. The molecule has 0 amide bonds. The number of carbonyl (C=O) groups excluding carboxylic acids is 1. The molecule has 0 saturated carbocycles. The zero-order valence-electron chi connectivity index (χ0n) is 11.8. The van der Waals surface area contributed by atoms with Crippen molar-refractivity contribution < 1.29 is 19.2 Å². The van der Waals surface area contributed by atoms with Crippen molar-refractivity contribution in [3.8, 4) is 5.75 Å². The van der Waals surface area contributed by atoms with Crippen LogP contribution in [-0.2, 0) is 9.53 Å². The maximum Gasteiger partial charge on any atom is 0.323 e. The van der Waals surface area contributed by atoms with E-state index in [0.29, 0.717) is 18.8 Å². The van der Waals surface area contributed by atoms with Crippen LogP contribution in [-0.4, -0.2) is 37.2 Å². The van der Waals surface area contributed by atoms with E-state index in [1.807, 2.05) is 0 Å². The number of likely N-dealkylation sites (N-methyl/N-ethyl adjacent to an activating group) is 1. The highest BCUT2D eigenvalue weighted by Crippen LogP contribution is 2.33. The van der Waals surface area contributed by atoms with Crippen molar-refractivity contribution in [3.05, 3.63) is 32.8 Å². The third kappa shape index (κ3) is 4.98. The molecule has 1 rings (SSSR count). The number of nitro benzene ring substituents is 1. The lowest BCUT2D eigenvalue weighted by molar-refractivity contribution is -0.385. The van der Waals surface area contributed by atoms with Crippen molar-refractivity contribution in [3.63, 3.8) is 0 Å². The molecule has 1 N–H and O–H groups in total. The maximum atomic E-state index is 11.6. The lowest BCUT2D eigenvalue weighted by atomic mass is 10.2. The highest BCUT2D eigenvalue weighted by Gasteiger charge is 2.19. The van der Waals surface area contributed by atoms with E-state index in [4.69, 9.17) is 9.47 Å². The molecular formula is C13H17BrN2O5. The predicted octanol–water partition coefficient (Wildman–Crippen LogP) is 2.28. The van der Waals surface area contributed by atoms with Gasteiger partial charge in [0.05, 0.1) is 18.1 Å². The molecule has 0 aliphatic carbocycles. The third-order valence-electron chi connectivity index (χ3n) is 2.72. The fourth-order valence-corrected chi connectivity index (χ4v) is 2.18. The Morgan fingerprint density at radius 2 is 2.24 bits per heavy atom. The Morgan fingerprint density at radius 3 is 2.81 bits per heavy atom. The van der Waals surface area contributed by atoms with E-state index in [2.05, 4.69) is 21.2 Å². The molecule has 0 heterocycles. The van der Waals surface area contributed by atoms with Gasteiger partial charge in [0.25, 0.3) is 5.69 Å². The van der Waals surface area contributed by atoms with E-state index in [1.165, 1.54) is 6.07 Å². The summed E-state index contributed by atoms with van der Waals surface area (Å²) in [7, 11) is 1.66. The quantitative estimate of drug-likeness (QED) is 0.434. The Labute approximate surface area is 130 Å². The van der Waals surface area contributed by atoms with Gasteiger partial charge in [0.1, 0.15) is 16.3 Å². The fourth-order valence-electron chi connectivity index (χ4n) is 1.66. The molecule has 0 aliphatic rings. The highest BCUT2D eigenvalue weighted by molar-refractivity contribution is 9.10. The van der Waals surface area contributed by atoms with Crippen LogP contribution in [0.15, 0.2) is 22.7 Å². The number of hydrogen-bond donors (Lipinski definition) is 1. The summed E-state index contributed by atoms with van der Waals surface area (Å²) < 4.78 is 10.7. The zero-order chi connectivity index (χ0) is 15.8. The smallest absolute Gasteiger partial charge is 0.323 e. The number of benzene rings is 1. The minimum Gasteiger partial charge on any atom is -0.492 e. The van der Waals surface area contributed by atoms with Crippen LogP contribution in [0.5, 0.6) is 5.75 Å². The van der Waals surface area contributed by atoms with Gasteiger partial charge < -0.3 is 14.8 Å². The Hall–Kier alpha value is -1.67. The minimum atomic E-state index is -0.494. The number of carbonyl (C=O) groups is 1. The molecule has 7 nitrogen and oxygen atoms in total. The molecule has 1 atom stereocenters. The van der Waals surface area contributed by atoms with Crippen LogP contribution in [0, 0.1) is 10.1 Å². The zero-order valence-corrected chi connectivity index (χ0v) is 13.4. The fraction of sp³-hybridized carbons (Fsp3) is 0.462. The van der Waals surface area contributed by atoms with Gasteiger partial charge in [-0.25, -0.2) is 0 Å². The van der Waals surface area contributed by atoms with Crippen LogP contribution in [0.4, 0.5) is 5.69 Å². The molecule has 0 spiro atoms. The van der Waals surface area contributed by atoms with E-state index < -0.39 is 11.0 Å². The Kier molecular flexibility index (Phi) is 7.10. The van der Waals surface area contributed by atoms with Gasteiger partial charge in [-0.1, -0.05) is 6.07 Å². The highest BCUT2D eigenvalue weighted by atomic mass is 79.9. The number of hydrogen-bond acceptors (Lipinski definition) is 6. The summed E-state index contributed by atoms with van der Waals surface area (Å²) in [4.78, 5) is 21.9. The van der Waals surface area contributed by atoms with Crippen molar-refractivity contribution in [2.24, 2.45) is 0 Å². The molecule has 8 heteroatoms. The average Bonchev–Trinajstić information content (AvgIpc) is 2.45. The van der Waals surface area contributed by atoms with Crippen LogP contribution in [0.1, 0.15) is 13.3 Å². The Morgan fingerprint density at radius 1 is 1.52 bits per heavy atom. The third-order valence-corrected chi connectivity index (χ3v) is 3.52. The van der Waals surface area contributed by atoms with Crippen LogP contribution >= 0.6 is 15.9 Å². The molecule has 1 unspecified atom stereocenters. The first-order chi connectivity index (χ1) is 10.0. The van der Waals surface area contributed by atoms with Gasteiger partial charge in [0.2, 0.25) is 0 Å². The van der Waals surface area contributed by atoms with Gasteiger partial charge in [-0.15, -0.1) is 0 Å². The van der Waals surface area contributed by atoms with E-state index >= 15 is 0 Å². The lowest BCUT2D eigenvalue weighted by Crippen LogP contribution is -2.36. The number of nitrogens with zero attached hydrogens (tertiary/aromatic N) is 1. The lowest BCUT2D eigenvalue weighted by Gasteiger charge is -2.15. The van der Waals surface area contributed by atoms with Crippen LogP contribution < -0.4 is 10.1 Å². The van der Waals surface area contributed by atoms with Gasteiger partial charge in [-0.05, 0) is 36.0 Å². The second kappa shape index (κ2) is 8.58. The Bertz CT molecular complexity index is 509. The topological polar surface area (TPSA) is 90.7 Å². The number of halogens is 1. The van der Waals surface area contributed by atoms with E-state index in [-0.39, 0.29) is 22.7 Å². The summed E-state index contributed by atoms with van der Waals surface area (Å²) in [5.74, 6) is 0.0182. The van der Waals surface area contributed by atoms with Crippen molar-refractivity contribution in [2.75, 3.05) is 20.3 Å². The Balaban J connectivity index is 2.61. The van der Waals surface area contributed by atoms with Crippen LogP contribution in [0.3, 0.4) is 0 Å². The summed E-state index contributed by atoms with van der Waals surface area (Å²) in [6, 6.07) is 4.07. The monoisotopic (exact) mass is 360 g/mol. The van der Waals surface area contributed by atoms with Crippen molar-refractivity contribution in [1.29, 1.82) is 0 Å². The number of ether oxygens (including phenoxy) is 2.